The first-order chi connectivity index (χ1) is 8.81. The van der Waals surface area contributed by atoms with Crippen LogP contribution in [0.4, 0.5) is 0 Å². The molecule has 3 heteroatoms. The number of amides is 1. The molecular weight excluding hydrogens is 238 g/mol. The molecule has 0 aliphatic heterocycles. The number of benzene rings is 2. The van der Waals surface area contributed by atoms with Gasteiger partial charge in [0.2, 0.25) is 5.91 Å². The van der Waals surface area contributed by atoms with Gasteiger partial charge in [-0.05, 0) is 0 Å². The minimum atomic E-state index is -1.44. The number of hydrogen-bond donors (Lipinski definition) is 1. The topological polar surface area (TPSA) is 29.1 Å². The Morgan fingerprint density at radius 1 is 0.944 bits per heavy atom. The van der Waals surface area contributed by atoms with Gasteiger partial charge in [0.15, 0.2) is 0 Å². The Kier molecular flexibility index (Phi) is 4.31. The highest BCUT2D eigenvalue weighted by Crippen LogP contribution is 1.98. The van der Waals surface area contributed by atoms with E-state index < -0.39 is 8.80 Å². The molecule has 0 heterocycles. The fourth-order valence-electron chi connectivity index (χ4n) is 2.09. The number of carbonyl (C=O) groups excluding carboxylic acids is 1. The first-order valence-corrected chi connectivity index (χ1v) is 8.09. The van der Waals surface area contributed by atoms with Gasteiger partial charge in [0.05, 0.1) is 0 Å². The summed E-state index contributed by atoms with van der Waals surface area (Å²) in [5, 5.41) is 5.36. The molecule has 2 aromatic carbocycles. The van der Waals surface area contributed by atoms with Gasteiger partial charge >= 0.3 is 0 Å². The smallest absolute Gasteiger partial charge is 0.217 e. The lowest BCUT2D eigenvalue weighted by Crippen LogP contribution is -2.45. The second kappa shape index (κ2) is 6.17. The summed E-state index contributed by atoms with van der Waals surface area (Å²) in [6.07, 6.45) is 0. The average Bonchev–Trinajstić information content (AvgIpc) is 2.46. The van der Waals surface area contributed by atoms with Crippen molar-refractivity contribution < 1.29 is 4.79 Å². The van der Waals surface area contributed by atoms with Gasteiger partial charge in [-0.1, -0.05) is 71.0 Å². The molecule has 0 fully saturated rings. The van der Waals surface area contributed by atoms with Crippen molar-refractivity contribution in [3.05, 3.63) is 60.7 Å². The van der Waals surface area contributed by atoms with Crippen molar-refractivity contribution in [2.45, 2.75) is 6.04 Å². The van der Waals surface area contributed by atoms with Crippen LogP contribution in [0, 0.1) is 0 Å². The van der Waals surface area contributed by atoms with Crippen LogP contribution in [0.2, 0.25) is 6.04 Å². The van der Waals surface area contributed by atoms with E-state index in [4.69, 9.17) is 0 Å². The third-order valence-corrected chi connectivity index (χ3v) is 6.23. The Balaban J connectivity index is 2.32. The van der Waals surface area contributed by atoms with Gasteiger partial charge in [0, 0.05) is 13.1 Å². The van der Waals surface area contributed by atoms with Gasteiger partial charge in [0.25, 0.3) is 0 Å². The average molecular weight is 255 g/mol. The van der Waals surface area contributed by atoms with Crippen LogP contribution in [-0.4, -0.2) is 21.8 Å². The van der Waals surface area contributed by atoms with E-state index in [0.717, 1.165) is 0 Å². The molecular formula is C15H17NOSi. The molecule has 0 aliphatic carbocycles. The summed E-state index contributed by atoms with van der Waals surface area (Å²) in [7, 11) is 0.260. The Morgan fingerprint density at radius 2 is 1.39 bits per heavy atom. The number of hydrogen-bond acceptors (Lipinski definition) is 1. The number of rotatable bonds is 4. The largest absolute Gasteiger partial charge is 0.359 e. The molecule has 2 aromatic rings. The fourth-order valence-corrected chi connectivity index (χ4v) is 4.89. The summed E-state index contributed by atoms with van der Waals surface area (Å²) in [5.74, 6) is 0.124. The summed E-state index contributed by atoms with van der Waals surface area (Å²) in [6, 6.07) is 21.3. The summed E-state index contributed by atoms with van der Waals surface area (Å²) in [6.45, 7) is 0. The molecule has 0 bridgehead atoms. The van der Waals surface area contributed by atoms with Gasteiger partial charge < -0.3 is 5.32 Å². The third kappa shape index (κ3) is 3.08. The maximum atomic E-state index is 11.7. The quantitative estimate of drug-likeness (QED) is 0.804. The van der Waals surface area contributed by atoms with Gasteiger partial charge in [-0.3, -0.25) is 4.79 Å². The minimum absolute atomic E-state index is 0.124. The highest BCUT2D eigenvalue weighted by molar-refractivity contribution is 6.87. The van der Waals surface area contributed by atoms with Crippen molar-refractivity contribution in [2.75, 3.05) is 7.05 Å². The zero-order valence-corrected chi connectivity index (χ0v) is 11.6. The molecule has 0 saturated carbocycles. The van der Waals surface area contributed by atoms with E-state index in [2.05, 4.69) is 29.6 Å². The van der Waals surface area contributed by atoms with E-state index in [1.807, 2.05) is 36.4 Å². The summed E-state index contributed by atoms with van der Waals surface area (Å²) in [4.78, 5) is 11.7. The van der Waals surface area contributed by atoms with Gasteiger partial charge in [-0.15, -0.1) is 0 Å². The maximum absolute atomic E-state index is 11.7. The highest BCUT2D eigenvalue weighted by atomic mass is 28.3. The van der Waals surface area contributed by atoms with Gasteiger partial charge in [-0.2, -0.15) is 0 Å². The van der Waals surface area contributed by atoms with Crippen LogP contribution in [0.15, 0.2) is 60.7 Å². The summed E-state index contributed by atoms with van der Waals surface area (Å²) < 4.78 is 0. The summed E-state index contributed by atoms with van der Waals surface area (Å²) in [5.41, 5.74) is 0. The molecule has 1 N–H and O–H groups in total. The molecule has 2 nitrogen and oxygen atoms in total. The van der Waals surface area contributed by atoms with E-state index in [1.54, 1.807) is 7.05 Å². The molecule has 0 saturated heterocycles. The fraction of sp³-hybridized carbons (Fsp3) is 0.133. The van der Waals surface area contributed by atoms with Crippen molar-refractivity contribution in [2.24, 2.45) is 0 Å². The van der Waals surface area contributed by atoms with E-state index in [-0.39, 0.29) is 5.91 Å². The lowest BCUT2D eigenvalue weighted by Gasteiger charge is -2.15. The van der Waals surface area contributed by atoms with Crippen LogP contribution >= 0.6 is 0 Å². The van der Waals surface area contributed by atoms with Crippen molar-refractivity contribution >= 4 is 25.1 Å². The van der Waals surface area contributed by atoms with Crippen LogP contribution < -0.4 is 15.7 Å². The highest BCUT2D eigenvalue weighted by Gasteiger charge is 2.18. The molecule has 18 heavy (non-hydrogen) atoms. The zero-order valence-electron chi connectivity index (χ0n) is 10.5. The molecule has 0 aliphatic rings. The summed E-state index contributed by atoms with van der Waals surface area (Å²) >= 11 is 0. The van der Waals surface area contributed by atoms with Crippen molar-refractivity contribution in [1.82, 2.24) is 5.32 Å². The van der Waals surface area contributed by atoms with E-state index in [0.29, 0.717) is 6.04 Å². The lowest BCUT2D eigenvalue weighted by molar-refractivity contribution is -0.118. The first-order valence-electron chi connectivity index (χ1n) is 6.11. The predicted octanol–water partition coefficient (Wildman–Crippen LogP) is 0.774. The van der Waals surface area contributed by atoms with Crippen molar-refractivity contribution in [3.8, 4) is 0 Å². The van der Waals surface area contributed by atoms with Crippen LogP contribution in [-0.2, 0) is 4.79 Å². The minimum Gasteiger partial charge on any atom is -0.359 e. The second-order valence-corrected chi connectivity index (χ2v) is 7.10. The third-order valence-electron chi connectivity index (χ3n) is 3.07. The lowest BCUT2D eigenvalue weighted by atomic mass is 10.4. The molecule has 2 rings (SSSR count). The molecule has 0 spiro atoms. The Morgan fingerprint density at radius 3 is 1.78 bits per heavy atom. The van der Waals surface area contributed by atoms with E-state index in [9.17, 15) is 4.79 Å². The molecule has 0 atom stereocenters. The van der Waals surface area contributed by atoms with Crippen molar-refractivity contribution in [1.29, 1.82) is 0 Å². The zero-order chi connectivity index (χ0) is 12.8. The predicted molar refractivity (Wildman–Crippen MR) is 78.2 cm³/mol. The Hall–Kier alpha value is -1.87. The van der Waals surface area contributed by atoms with Gasteiger partial charge in [-0.25, -0.2) is 0 Å². The van der Waals surface area contributed by atoms with Crippen LogP contribution in [0.3, 0.4) is 0 Å². The van der Waals surface area contributed by atoms with Crippen LogP contribution in [0.5, 0.6) is 0 Å². The van der Waals surface area contributed by atoms with Gasteiger partial charge in [0.1, 0.15) is 8.80 Å². The SMILES string of the molecule is CNC(=O)C[SiH](c1ccccc1)c1ccccc1. The molecule has 0 aromatic heterocycles. The number of carbonyl (C=O) groups is 1. The second-order valence-electron chi connectivity index (χ2n) is 4.25. The Bertz CT molecular complexity index is 459. The van der Waals surface area contributed by atoms with E-state index >= 15 is 0 Å². The number of nitrogens with one attached hydrogen (secondary N) is 1. The normalized spacial score (nSPS) is 10.3. The molecule has 0 unspecified atom stereocenters. The molecule has 0 radical (unpaired) electrons. The monoisotopic (exact) mass is 255 g/mol. The molecule has 1 amide bonds. The van der Waals surface area contributed by atoms with Crippen molar-refractivity contribution in [3.63, 3.8) is 0 Å². The standard InChI is InChI=1S/C15H17NOSi/c1-16-15(17)12-18(13-8-4-2-5-9-13)14-10-6-3-7-11-14/h2-11,18H,12H2,1H3,(H,16,17). The molecule has 92 valence electrons. The van der Waals surface area contributed by atoms with E-state index in [1.165, 1.54) is 10.4 Å². The van der Waals surface area contributed by atoms with Crippen LogP contribution in [0.25, 0.3) is 0 Å². The first kappa shape index (κ1) is 12.6. The Labute approximate surface area is 109 Å². The maximum Gasteiger partial charge on any atom is 0.217 e. The van der Waals surface area contributed by atoms with Crippen LogP contribution in [0.1, 0.15) is 0 Å².